The number of aromatic nitrogens is 3. The zero-order valence-corrected chi connectivity index (χ0v) is 14.0. The van der Waals surface area contributed by atoms with Gasteiger partial charge in [0.05, 0.1) is 22.8 Å². The average molecular weight is 348 g/mol. The summed E-state index contributed by atoms with van der Waals surface area (Å²) in [5.74, 6) is -0.949. The maximum atomic E-state index is 12.7. The van der Waals surface area contributed by atoms with Gasteiger partial charge in [0.25, 0.3) is 5.91 Å². The predicted octanol–water partition coefficient (Wildman–Crippen LogP) is 1.65. The van der Waals surface area contributed by atoms with Crippen molar-refractivity contribution in [2.45, 2.75) is 25.8 Å². The molecule has 1 aliphatic rings. The van der Waals surface area contributed by atoms with Gasteiger partial charge >= 0.3 is 0 Å². The predicted molar refractivity (Wildman–Crippen MR) is 88.8 cm³/mol. The second-order valence-corrected chi connectivity index (χ2v) is 6.39. The molecule has 3 rings (SSSR count). The molecule has 0 spiro atoms. The van der Waals surface area contributed by atoms with Gasteiger partial charge in [-0.1, -0.05) is 28.9 Å². The molecule has 1 aliphatic heterocycles. The van der Waals surface area contributed by atoms with Crippen molar-refractivity contribution in [1.29, 1.82) is 0 Å². The number of benzene rings is 1. The Kier molecular flexibility index (Phi) is 4.53. The Morgan fingerprint density at radius 2 is 2.04 bits per heavy atom. The maximum Gasteiger partial charge on any atom is 0.276 e. The van der Waals surface area contributed by atoms with Crippen LogP contribution in [0.5, 0.6) is 0 Å². The lowest BCUT2D eigenvalue weighted by Gasteiger charge is -2.36. The molecule has 2 aromatic rings. The second kappa shape index (κ2) is 6.60. The van der Waals surface area contributed by atoms with Gasteiger partial charge in [0.2, 0.25) is 5.91 Å². The van der Waals surface area contributed by atoms with E-state index in [0.29, 0.717) is 23.7 Å². The van der Waals surface area contributed by atoms with Crippen LogP contribution >= 0.6 is 11.6 Å². The van der Waals surface area contributed by atoms with E-state index < -0.39 is 0 Å². The molecule has 1 aromatic carbocycles. The number of halogens is 1. The van der Waals surface area contributed by atoms with Crippen molar-refractivity contribution in [2.24, 2.45) is 11.7 Å². The number of nitrogens with two attached hydrogens (primary N) is 1. The van der Waals surface area contributed by atoms with Crippen molar-refractivity contribution < 1.29 is 9.59 Å². The Labute approximate surface area is 144 Å². The minimum atomic E-state index is -0.376. The number of carbonyl (C=O) groups excluding carboxylic acids is 2. The van der Waals surface area contributed by atoms with Crippen LogP contribution in [0.25, 0.3) is 5.69 Å². The second-order valence-electron chi connectivity index (χ2n) is 5.98. The smallest absolute Gasteiger partial charge is 0.276 e. The molecule has 2 unspecified atom stereocenters. The van der Waals surface area contributed by atoms with Crippen molar-refractivity contribution in [3.8, 4) is 5.69 Å². The quantitative estimate of drug-likeness (QED) is 0.913. The number of amides is 2. The van der Waals surface area contributed by atoms with Gasteiger partial charge in [-0.2, -0.15) is 0 Å². The molecule has 0 bridgehead atoms. The fourth-order valence-electron chi connectivity index (χ4n) is 2.89. The van der Waals surface area contributed by atoms with Crippen LogP contribution in [0.2, 0.25) is 5.02 Å². The molecule has 1 aromatic heterocycles. The highest BCUT2D eigenvalue weighted by atomic mass is 35.5. The van der Waals surface area contributed by atoms with Crippen molar-refractivity contribution in [3.63, 3.8) is 0 Å². The van der Waals surface area contributed by atoms with Gasteiger partial charge in [0.1, 0.15) is 0 Å². The lowest BCUT2D eigenvalue weighted by molar-refractivity contribution is -0.123. The van der Waals surface area contributed by atoms with E-state index in [1.807, 2.05) is 19.1 Å². The van der Waals surface area contributed by atoms with Gasteiger partial charge in [-0.25, -0.2) is 4.68 Å². The van der Waals surface area contributed by atoms with Crippen LogP contribution in [0.1, 0.15) is 30.3 Å². The molecule has 1 saturated heterocycles. The largest absolute Gasteiger partial charge is 0.369 e. The molecule has 0 radical (unpaired) electrons. The van der Waals surface area contributed by atoms with E-state index in [-0.39, 0.29) is 29.5 Å². The first-order valence-corrected chi connectivity index (χ1v) is 8.12. The van der Waals surface area contributed by atoms with Gasteiger partial charge in [-0.05, 0) is 31.9 Å². The average Bonchev–Trinajstić information content (AvgIpc) is 3.04. The van der Waals surface area contributed by atoms with Crippen LogP contribution in [0.4, 0.5) is 0 Å². The molecule has 2 atom stereocenters. The molecule has 8 heteroatoms. The summed E-state index contributed by atoms with van der Waals surface area (Å²) in [6.07, 6.45) is 2.98. The summed E-state index contributed by atoms with van der Waals surface area (Å²) in [6, 6.07) is 7.20. The molecule has 1 fully saturated rings. The van der Waals surface area contributed by atoms with E-state index in [9.17, 15) is 9.59 Å². The SMILES string of the molecule is CC1CCC(C(N)=O)CN1C(=O)c1cn(-c2ccccc2Cl)nn1. The zero-order valence-electron chi connectivity index (χ0n) is 13.2. The van der Waals surface area contributed by atoms with Gasteiger partial charge in [0, 0.05) is 12.6 Å². The first kappa shape index (κ1) is 16.4. The molecule has 2 heterocycles. The first-order valence-electron chi connectivity index (χ1n) is 7.75. The highest BCUT2D eigenvalue weighted by molar-refractivity contribution is 6.32. The van der Waals surface area contributed by atoms with Crippen molar-refractivity contribution in [3.05, 3.63) is 41.2 Å². The summed E-state index contributed by atoms with van der Waals surface area (Å²) in [5, 5.41) is 8.46. The molecule has 2 amide bonds. The van der Waals surface area contributed by atoms with Crippen molar-refractivity contribution >= 4 is 23.4 Å². The Bertz CT molecular complexity index is 775. The topological polar surface area (TPSA) is 94.1 Å². The number of piperidine rings is 1. The Balaban J connectivity index is 1.83. The third-order valence-corrected chi connectivity index (χ3v) is 4.68. The molecule has 24 heavy (non-hydrogen) atoms. The number of hydrogen-bond donors (Lipinski definition) is 1. The molecule has 0 aliphatic carbocycles. The molecule has 7 nitrogen and oxygen atoms in total. The number of hydrogen-bond acceptors (Lipinski definition) is 4. The summed E-state index contributed by atoms with van der Waals surface area (Å²) < 4.78 is 1.47. The van der Waals surface area contributed by atoms with Gasteiger partial charge in [0.15, 0.2) is 5.69 Å². The minimum absolute atomic E-state index is 0.0264. The van der Waals surface area contributed by atoms with E-state index in [2.05, 4.69) is 10.3 Å². The number of para-hydroxylation sites is 1. The van der Waals surface area contributed by atoms with Gasteiger partial charge < -0.3 is 10.6 Å². The van der Waals surface area contributed by atoms with Gasteiger partial charge in [-0.15, -0.1) is 5.10 Å². The highest BCUT2D eigenvalue weighted by Gasteiger charge is 2.33. The highest BCUT2D eigenvalue weighted by Crippen LogP contribution is 2.24. The summed E-state index contributed by atoms with van der Waals surface area (Å²) in [5.41, 5.74) is 6.25. The Hall–Kier alpha value is -2.41. The van der Waals surface area contributed by atoms with E-state index in [4.69, 9.17) is 17.3 Å². The Morgan fingerprint density at radius 1 is 1.29 bits per heavy atom. The van der Waals surface area contributed by atoms with E-state index in [1.165, 1.54) is 4.68 Å². The standard InChI is InChI=1S/C16H18ClN5O2/c1-10-6-7-11(15(18)23)8-21(10)16(24)13-9-22(20-19-13)14-5-3-2-4-12(14)17/h2-5,9-11H,6-8H2,1H3,(H2,18,23). The molecular weight excluding hydrogens is 330 g/mol. The van der Waals surface area contributed by atoms with Crippen LogP contribution in [0, 0.1) is 5.92 Å². The lowest BCUT2D eigenvalue weighted by atomic mass is 9.92. The third kappa shape index (κ3) is 3.12. The normalized spacial score (nSPS) is 20.8. The summed E-state index contributed by atoms with van der Waals surface area (Å²) in [6.45, 7) is 2.27. The summed E-state index contributed by atoms with van der Waals surface area (Å²) in [4.78, 5) is 25.8. The molecule has 0 saturated carbocycles. The van der Waals surface area contributed by atoms with Crippen LogP contribution in [-0.2, 0) is 4.79 Å². The number of rotatable bonds is 3. The summed E-state index contributed by atoms with van der Waals surface area (Å²) >= 11 is 6.14. The first-order chi connectivity index (χ1) is 11.5. The fourth-order valence-corrected chi connectivity index (χ4v) is 3.11. The van der Waals surface area contributed by atoms with Gasteiger partial charge in [-0.3, -0.25) is 9.59 Å². The van der Waals surface area contributed by atoms with Crippen LogP contribution in [-0.4, -0.2) is 44.3 Å². The van der Waals surface area contributed by atoms with Crippen molar-refractivity contribution in [1.82, 2.24) is 19.9 Å². The molecule has 2 N–H and O–H groups in total. The lowest BCUT2D eigenvalue weighted by Crippen LogP contribution is -2.48. The van der Waals surface area contributed by atoms with Crippen LogP contribution in [0.3, 0.4) is 0 Å². The maximum absolute atomic E-state index is 12.7. The monoisotopic (exact) mass is 347 g/mol. The Morgan fingerprint density at radius 3 is 2.75 bits per heavy atom. The van der Waals surface area contributed by atoms with Crippen LogP contribution in [0.15, 0.2) is 30.5 Å². The molecule has 126 valence electrons. The molecular formula is C16H18ClN5O2. The summed E-state index contributed by atoms with van der Waals surface area (Å²) in [7, 11) is 0. The van der Waals surface area contributed by atoms with Crippen LogP contribution < -0.4 is 5.73 Å². The zero-order chi connectivity index (χ0) is 17.3. The fraction of sp³-hybridized carbons (Fsp3) is 0.375. The van der Waals surface area contributed by atoms with E-state index in [1.54, 1.807) is 23.2 Å². The van der Waals surface area contributed by atoms with Crippen molar-refractivity contribution in [2.75, 3.05) is 6.54 Å². The minimum Gasteiger partial charge on any atom is -0.369 e. The number of nitrogens with zero attached hydrogens (tertiary/aromatic N) is 4. The van der Waals surface area contributed by atoms with E-state index in [0.717, 1.165) is 6.42 Å². The third-order valence-electron chi connectivity index (χ3n) is 4.36. The number of likely N-dealkylation sites (tertiary alicyclic amines) is 1. The van der Waals surface area contributed by atoms with E-state index >= 15 is 0 Å². The number of primary amides is 1. The number of carbonyl (C=O) groups is 2.